The van der Waals surface area contributed by atoms with Crippen molar-refractivity contribution in [2.24, 2.45) is 0 Å². The second-order valence-corrected chi connectivity index (χ2v) is 17.4. The molecule has 0 saturated carbocycles. The molecule has 6 nitrogen and oxygen atoms in total. The molecule has 9 heteroatoms. The topological polar surface area (TPSA) is 86.7 Å². The smallest absolute Gasteiger partial charge is 0.371 e. The molecule has 0 aromatic rings. The van der Waals surface area contributed by atoms with Crippen LogP contribution in [0, 0.1) is 0 Å². The van der Waals surface area contributed by atoms with Crippen LogP contribution in [0.15, 0.2) is 0 Å². The van der Waals surface area contributed by atoms with Crippen LogP contribution in [0.25, 0.3) is 0 Å². The molecule has 0 aliphatic heterocycles. The molecule has 0 fully saturated rings. The summed E-state index contributed by atoms with van der Waals surface area (Å²) in [4.78, 5) is 0. The molecule has 104 valence electrons. The van der Waals surface area contributed by atoms with Crippen LogP contribution in [0.4, 0.5) is 0 Å². The van der Waals surface area contributed by atoms with Gasteiger partial charge in [0, 0.05) is 24.7 Å². The summed E-state index contributed by atoms with van der Waals surface area (Å²) in [5.74, 6) is 0. The first-order valence-electron chi connectivity index (χ1n) is 5.08. The van der Waals surface area contributed by atoms with Crippen LogP contribution in [0.3, 0.4) is 0 Å². The van der Waals surface area contributed by atoms with Crippen molar-refractivity contribution in [3.63, 3.8) is 0 Å². The quantitative estimate of drug-likeness (QED) is 0.659. The van der Waals surface area contributed by atoms with Crippen molar-refractivity contribution in [3.05, 3.63) is 0 Å². The van der Waals surface area contributed by atoms with Gasteiger partial charge in [-0.25, -0.2) is 16.8 Å². The highest BCUT2D eigenvalue weighted by atomic mass is 32.6. The first kappa shape index (κ1) is 17.0. The number of hydrogen-bond acceptors (Lipinski definition) is 6. The monoisotopic (exact) mass is 304 g/mol. The first-order valence-corrected chi connectivity index (χ1v) is 12.1. The van der Waals surface area contributed by atoms with Crippen molar-refractivity contribution in [1.82, 2.24) is 0 Å². The number of hydrogen-bond donors (Lipinski definition) is 0. The Labute approximate surface area is 104 Å². The van der Waals surface area contributed by atoms with Gasteiger partial charge in [-0.05, 0) is 27.7 Å². The van der Waals surface area contributed by atoms with Crippen LogP contribution in [0.2, 0.25) is 0 Å². The molecule has 0 bridgehead atoms. The van der Waals surface area contributed by atoms with Gasteiger partial charge in [-0.3, -0.25) is 0 Å². The van der Waals surface area contributed by atoms with Crippen molar-refractivity contribution >= 4 is 25.4 Å². The van der Waals surface area contributed by atoms with Gasteiger partial charge in [-0.2, -0.15) is 0 Å². The van der Waals surface area contributed by atoms with Crippen molar-refractivity contribution in [1.29, 1.82) is 0 Å². The molecule has 0 heterocycles. The Hall–Kier alpha value is 0.0369. The van der Waals surface area contributed by atoms with E-state index in [2.05, 4.69) is 0 Å². The molecule has 0 atom stereocenters. The summed E-state index contributed by atoms with van der Waals surface area (Å²) in [6.07, 6.45) is 0.575. The Kier molecular flexibility index (Phi) is 5.36. The highest BCUT2D eigenvalue weighted by Crippen LogP contribution is 2.24. The van der Waals surface area contributed by atoms with Gasteiger partial charge in [0.05, 0.1) is 0 Å². The van der Waals surface area contributed by atoms with Crippen LogP contribution in [0.1, 0.15) is 27.7 Å². The molecule has 0 aliphatic rings. The molecule has 0 saturated heterocycles. The Balaban J connectivity index is 5.92. The zero-order valence-corrected chi connectivity index (χ0v) is 13.6. The van der Waals surface area contributed by atoms with Crippen LogP contribution in [-0.4, -0.2) is 48.4 Å². The maximum Gasteiger partial charge on any atom is 0.599 e. The van der Waals surface area contributed by atoms with E-state index in [1.165, 1.54) is 0 Å². The van der Waals surface area contributed by atoms with E-state index >= 15 is 0 Å². The van der Waals surface area contributed by atoms with Gasteiger partial charge < -0.3 is 8.85 Å². The summed E-state index contributed by atoms with van der Waals surface area (Å²) in [6, 6.07) is 0. The van der Waals surface area contributed by atoms with E-state index in [9.17, 15) is 16.8 Å². The lowest BCUT2D eigenvalue weighted by Crippen LogP contribution is -2.59. The molecular weight excluding hydrogens is 284 g/mol. The SMILES string of the molecule is CC(C)O[Si](OC(C)C)(S(C)(=O)=O)S(C)(=O)=O. The molecule has 17 heavy (non-hydrogen) atoms. The maximum absolute atomic E-state index is 11.8. The van der Waals surface area contributed by atoms with Crippen molar-refractivity contribution in [2.45, 2.75) is 39.9 Å². The van der Waals surface area contributed by atoms with Gasteiger partial charge in [-0.1, -0.05) is 0 Å². The summed E-state index contributed by atoms with van der Waals surface area (Å²) in [5, 5.41) is 0. The van der Waals surface area contributed by atoms with Crippen molar-refractivity contribution < 1.29 is 25.7 Å². The molecule has 0 aliphatic carbocycles. The van der Waals surface area contributed by atoms with E-state index in [1.54, 1.807) is 27.7 Å². The fourth-order valence-electron chi connectivity index (χ4n) is 1.23. The van der Waals surface area contributed by atoms with E-state index < -0.39 is 37.6 Å². The standard InChI is InChI=1S/C8H20O6S2Si/c1-7(2)13-17(14-8(3)4,15(5,9)10)16(6,11)12/h7-8H,1-6H3. The predicted molar refractivity (Wildman–Crippen MR) is 67.9 cm³/mol. The van der Waals surface area contributed by atoms with E-state index in [0.717, 1.165) is 12.5 Å². The molecule has 0 unspecified atom stereocenters. The predicted octanol–water partition coefficient (Wildman–Crippen LogP) is 0.361. The van der Waals surface area contributed by atoms with E-state index in [0.29, 0.717) is 0 Å². The molecule has 0 N–H and O–H groups in total. The number of rotatable bonds is 6. The third-order valence-corrected chi connectivity index (χ3v) is 17.1. The van der Waals surface area contributed by atoms with Crippen LogP contribution < -0.4 is 0 Å². The highest BCUT2D eigenvalue weighted by Gasteiger charge is 2.62. The average molecular weight is 304 g/mol. The van der Waals surface area contributed by atoms with Crippen LogP contribution in [0.5, 0.6) is 0 Å². The third-order valence-electron chi connectivity index (χ3n) is 1.67. The average Bonchev–Trinajstić information content (AvgIpc) is 1.96. The largest absolute Gasteiger partial charge is 0.599 e. The summed E-state index contributed by atoms with van der Waals surface area (Å²) >= 11 is 0. The van der Waals surface area contributed by atoms with E-state index in [4.69, 9.17) is 8.85 Å². The van der Waals surface area contributed by atoms with Crippen LogP contribution >= 0.6 is 0 Å². The lowest BCUT2D eigenvalue weighted by Gasteiger charge is -2.29. The van der Waals surface area contributed by atoms with Gasteiger partial charge in [0.1, 0.15) is 0 Å². The minimum atomic E-state index is -4.38. The fraction of sp³-hybridized carbons (Fsp3) is 1.00. The molecule has 0 amide bonds. The maximum atomic E-state index is 11.8. The lowest BCUT2D eigenvalue weighted by atomic mass is 10.5. The molecule has 0 spiro atoms. The van der Waals surface area contributed by atoms with Gasteiger partial charge in [0.15, 0.2) is 18.6 Å². The van der Waals surface area contributed by atoms with E-state index in [1.807, 2.05) is 0 Å². The minimum Gasteiger partial charge on any atom is -0.371 e. The van der Waals surface area contributed by atoms with Gasteiger partial charge >= 0.3 is 6.86 Å². The zero-order chi connectivity index (χ0) is 14.1. The summed E-state index contributed by atoms with van der Waals surface area (Å²) in [5.41, 5.74) is 0. The summed E-state index contributed by atoms with van der Waals surface area (Å²) in [7, 11) is -7.94. The molecule has 0 rings (SSSR count). The molecule has 0 aromatic carbocycles. The molecule has 0 aromatic heterocycles. The molecule has 0 radical (unpaired) electrons. The zero-order valence-electron chi connectivity index (χ0n) is 10.9. The second-order valence-electron chi connectivity index (χ2n) is 4.38. The lowest BCUT2D eigenvalue weighted by molar-refractivity contribution is 0.134. The van der Waals surface area contributed by atoms with Crippen molar-refractivity contribution in [2.75, 3.05) is 12.5 Å². The first-order chi connectivity index (χ1) is 7.33. The van der Waals surface area contributed by atoms with Crippen molar-refractivity contribution in [3.8, 4) is 0 Å². The Bertz CT molecular complexity index is 406. The second kappa shape index (κ2) is 5.35. The van der Waals surface area contributed by atoms with E-state index in [-0.39, 0.29) is 0 Å². The third kappa shape index (κ3) is 4.02. The highest BCUT2D eigenvalue weighted by molar-refractivity contribution is 8.49. The normalized spacial score (nSPS) is 14.6. The Morgan fingerprint density at radius 3 is 1.12 bits per heavy atom. The summed E-state index contributed by atoms with van der Waals surface area (Å²) < 4.78 is 57.7. The van der Waals surface area contributed by atoms with Gasteiger partial charge in [-0.15, -0.1) is 0 Å². The Morgan fingerprint density at radius 1 is 0.765 bits per heavy atom. The summed E-state index contributed by atoms with van der Waals surface area (Å²) in [6.45, 7) is 1.90. The van der Waals surface area contributed by atoms with Gasteiger partial charge in [0.25, 0.3) is 0 Å². The fourth-order valence-corrected chi connectivity index (χ4v) is 14.7. The minimum absolute atomic E-state index is 0.551. The molecular formula is C8H20O6S2Si. The Morgan fingerprint density at radius 2 is 1.00 bits per heavy atom. The van der Waals surface area contributed by atoms with Crippen LogP contribution in [-0.2, 0) is 27.4 Å². The van der Waals surface area contributed by atoms with Gasteiger partial charge in [0.2, 0.25) is 0 Å².